The Hall–Kier alpha value is -3.88. The van der Waals surface area contributed by atoms with E-state index in [0.717, 1.165) is 4.90 Å². The van der Waals surface area contributed by atoms with E-state index in [1.807, 2.05) is 0 Å². The third-order valence-electron chi connectivity index (χ3n) is 4.46. The number of anilines is 1. The molecule has 0 saturated heterocycles. The molecule has 0 saturated carbocycles. The van der Waals surface area contributed by atoms with Crippen molar-refractivity contribution in [3.63, 3.8) is 0 Å². The van der Waals surface area contributed by atoms with Crippen molar-refractivity contribution in [2.24, 2.45) is 0 Å². The van der Waals surface area contributed by atoms with Crippen molar-refractivity contribution in [3.05, 3.63) is 53.6 Å². The van der Waals surface area contributed by atoms with Gasteiger partial charge in [0.1, 0.15) is 11.5 Å². The molecule has 156 valence electrons. The Labute approximate surface area is 172 Å². The number of imide groups is 1. The molecule has 0 aliphatic carbocycles. The molecule has 0 spiro atoms. The molecule has 1 N–H and O–H groups in total. The van der Waals surface area contributed by atoms with Crippen LogP contribution in [-0.2, 0) is 14.3 Å². The van der Waals surface area contributed by atoms with E-state index in [1.165, 1.54) is 14.2 Å². The first kappa shape index (κ1) is 20.8. The van der Waals surface area contributed by atoms with Gasteiger partial charge < -0.3 is 19.5 Å². The number of esters is 1. The van der Waals surface area contributed by atoms with Crippen LogP contribution in [0.4, 0.5) is 5.69 Å². The van der Waals surface area contributed by atoms with Crippen molar-refractivity contribution >= 4 is 29.4 Å². The number of nitrogens with zero attached hydrogens (tertiary/aromatic N) is 1. The predicted molar refractivity (Wildman–Crippen MR) is 106 cm³/mol. The first-order valence-electron chi connectivity index (χ1n) is 9.07. The fraction of sp³-hybridized carbons (Fsp3) is 0.238. The summed E-state index contributed by atoms with van der Waals surface area (Å²) in [5.41, 5.74) is 0.980. The highest BCUT2D eigenvalue weighted by Crippen LogP contribution is 2.28. The molecule has 9 nitrogen and oxygen atoms in total. The molecule has 0 aromatic heterocycles. The molecule has 0 atom stereocenters. The summed E-state index contributed by atoms with van der Waals surface area (Å²) < 4.78 is 15.2. The maximum Gasteiger partial charge on any atom is 0.308 e. The van der Waals surface area contributed by atoms with Crippen molar-refractivity contribution in [2.75, 3.05) is 32.7 Å². The Bertz CT molecular complexity index is 968. The molecule has 0 bridgehead atoms. The number of benzene rings is 2. The van der Waals surface area contributed by atoms with Crippen LogP contribution in [0.25, 0.3) is 0 Å². The third-order valence-corrected chi connectivity index (χ3v) is 4.46. The van der Waals surface area contributed by atoms with Gasteiger partial charge in [0.25, 0.3) is 17.7 Å². The Morgan fingerprint density at radius 3 is 2.23 bits per heavy atom. The average Bonchev–Trinajstić information content (AvgIpc) is 3.00. The summed E-state index contributed by atoms with van der Waals surface area (Å²) in [5.74, 6) is -1.25. The summed E-state index contributed by atoms with van der Waals surface area (Å²) in [6.45, 7) is -0.655. The molecule has 0 unspecified atom stereocenters. The number of rotatable bonds is 8. The number of carbonyl (C=O) groups excluding carboxylic acids is 4. The summed E-state index contributed by atoms with van der Waals surface area (Å²) in [6, 6.07) is 11.3. The number of hydrogen-bond donors (Lipinski definition) is 1. The lowest BCUT2D eigenvalue weighted by Gasteiger charge is -2.14. The Kier molecular flexibility index (Phi) is 6.31. The Morgan fingerprint density at radius 1 is 0.967 bits per heavy atom. The molecule has 3 amide bonds. The molecule has 0 radical (unpaired) electrons. The number of ether oxygens (including phenoxy) is 3. The fourth-order valence-electron chi connectivity index (χ4n) is 2.96. The number of hydrogen-bond acceptors (Lipinski definition) is 7. The lowest BCUT2D eigenvalue weighted by atomic mass is 10.1. The summed E-state index contributed by atoms with van der Waals surface area (Å²) in [7, 11) is 2.94. The third kappa shape index (κ3) is 4.40. The van der Waals surface area contributed by atoms with Crippen molar-refractivity contribution in [3.8, 4) is 11.5 Å². The number of carbonyl (C=O) groups is 4. The van der Waals surface area contributed by atoms with Crippen molar-refractivity contribution in [1.29, 1.82) is 0 Å². The zero-order chi connectivity index (χ0) is 21.7. The first-order chi connectivity index (χ1) is 14.4. The minimum atomic E-state index is -0.709. The average molecular weight is 412 g/mol. The van der Waals surface area contributed by atoms with Gasteiger partial charge in [0.15, 0.2) is 6.61 Å². The summed E-state index contributed by atoms with van der Waals surface area (Å²) >= 11 is 0. The van der Waals surface area contributed by atoms with Crippen LogP contribution in [0.2, 0.25) is 0 Å². The lowest BCUT2D eigenvalue weighted by Crippen LogP contribution is -2.32. The molecule has 1 aliphatic heterocycles. The highest BCUT2D eigenvalue weighted by molar-refractivity contribution is 6.21. The van der Waals surface area contributed by atoms with E-state index in [1.54, 1.807) is 42.5 Å². The fourth-order valence-corrected chi connectivity index (χ4v) is 2.96. The maximum atomic E-state index is 12.3. The zero-order valence-electron chi connectivity index (χ0n) is 16.5. The number of nitrogens with one attached hydrogen (secondary N) is 1. The summed E-state index contributed by atoms with van der Waals surface area (Å²) in [5, 5.41) is 2.57. The van der Waals surface area contributed by atoms with E-state index in [9.17, 15) is 19.2 Å². The highest BCUT2D eigenvalue weighted by Gasteiger charge is 2.35. The normalized spacial score (nSPS) is 12.4. The van der Waals surface area contributed by atoms with Gasteiger partial charge >= 0.3 is 5.97 Å². The van der Waals surface area contributed by atoms with Gasteiger partial charge in [0, 0.05) is 12.6 Å². The van der Waals surface area contributed by atoms with Gasteiger partial charge in [-0.1, -0.05) is 12.1 Å². The molecule has 0 fully saturated rings. The standard InChI is InChI=1S/C21H20N2O7/c1-28-13-7-8-17(29-2)16(11-13)22-18(24)12-30-19(25)9-10-23-20(26)14-5-3-4-6-15(14)21(23)27/h3-8,11H,9-10,12H2,1-2H3,(H,22,24). The van der Waals surface area contributed by atoms with Crippen LogP contribution in [-0.4, -0.2) is 56.0 Å². The van der Waals surface area contributed by atoms with Crippen LogP contribution in [0, 0.1) is 0 Å². The van der Waals surface area contributed by atoms with Gasteiger partial charge in [-0.2, -0.15) is 0 Å². The Morgan fingerprint density at radius 2 is 1.63 bits per heavy atom. The number of amides is 3. The van der Waals surface area contributed by atoms with Gasteiger partial charge in [-0.15, -0.1) is 0 Å². The van der Waals surface area contributed by atoms with E-state index < -0.39 is 30.3 Å². The van der Waals surface area contributed by atoms with Crippen LogP contribution in [0.15, 0.2) is 42.5 Å². The minimum Gasteiger partial charge on any atom is -0.497 e. The number of fused-ring (bicyclic) bond motifs is 1. The monoisotopic (exact) mass is 412 g/mol. The summed E-state index contributed by atoms with van der Waals surface area (Å²) in [6.07, 6.45) is -0.221. The van der Waals surface area contributed by atoms with E-state index in [4.69, 9.17) is 14.2 Å². The molecule has 1 aliphatic rings. The van der Waals surface area contributed by atoms with Crippen LogP contribution in [0.5, 0.6) is 11.5 Å². The highest BCUT2D eigenvalue weighted by atomic mass is 16.5. The SMILES string of the molecule is COc1ccc(OC)c(NC(=O)COC(=O)CCN2C(=O)c3ccccc3C2=O)c1. The Balaban J connectivity index is 1.49. The quantitative estimate of drug-likeness (QED) is 0.520. The summed E-state index contributed by atoms with van der Waals surface area (Å²) in [4.78, 5) is 49.6. The van der Waals surface area contributed by atoms with Gasteiger partial charge in [-0.3, -0.25) is 24.1 Å². The van der Waals surface area contributed by atoms with Crippen LogP contribution < -0.4 is 14.8 Å². The molecule has 2 aromatic rings. The molecule has 30 heavy (non-hydrogen) atoms. The van der Waals surface area contributed by atoms with Crippen LogP contribution in [0.3, 0.4) is 0 Å². The largest absolute Gasteiger partial charge is 0.497 e. The van der Waals surface area contributed by atoms with Gasteiger partial charge in [0.05, 0.1) is 37.5 Å². The van der Waals surface area contributed by atoms with E-state index in [-0.39, 0.29) is 13.0 Å². The number of methoxy groups -OCH3 is 2. The second-order valence-electron chi connectivity index (χ2n) is 6.33. The van der Waals surface area contributed by atoms with Crippen LogP contribution in [0.1, 0.15) is 27.1 Å². The predicted octanol–water partition coefficient (Wildman–Crippen LogP) is 1.87. The van der Waals surface area contributed by atoms with Crippen LogP contribution >= 0.6 is 0 Å². The second kappa shape index (κ2) is 9.08. The molecular formula is C21H20N2O7. The topological polar surface area (TPSA) is 111 Å². The van der Waals surface area contributed by atoms with Gasteiger partial charge in [0.2, 0.25) is 0 Å². The van der Waals surface area contributed by atoms with Gasteiger partial charge in [-0.25, -0.2) is 0 Å². The van der Waals surface area contributed by atoms with E-state index >= 15 is 0 Å². The molecule has 9 heteroatoms. The zero-order valence-corrected chi connectivity index (χ0v) is 16.5. The van der Waals surface area contributed by atoms with Crippen molar-refractivity contribution in [1.82, 2.24) is 4.90 Å². The van der Waals surface area contributed by atoms with Gasteiger partial charge in [-0.05, 0) is 24.3 Å². The van der Waals surface area contributed by atoms with E-state index in [0.29, 0.717) is 28.3 Å². The first-order valence-corrected chi connectivity index (χ1v) is 9.07. The van der Waals surface area contributed by atoms with E-state index in [2.05, 4.69) is 5.32 Å². The minimum absolute atomic E-state index is 0.128. The second-order valence-corrected chi connectivity index (χ2v) is 6.33. The maximum absolute atomic E-state index is 12.3. The molecule has 1 heterocycles. The van der Waals surface area contributed by atoms with Crippen molar-refractivity contribution in [2.45, 2.75) is 6.42 Å². The lowest BCUT2D eigenvalue weighted by molar-refractivity contribution is -0.147. The molecule has 3 rings (SSSR count). The molecule has 2 aromatic carbocycles. The van der Waals surface area contributed by atoms with Crippen molar-refractivity contribution < 1.29 is 33.4 Å². The smallest absolute Gasteiger partial charge is 0.308 e. The molecular weight excluding hydrogens is 392 g/mol.